The summed E-state index contributed by atoms with van der Waals surface area (Å²) in [5.41, 5.74) is 0.896. The molecule has 2 atom stereocenters. The standard InChI is InChI=1S/C23H43NO5Si/c1-17(2)30(18(3)4,19(5)6)28-14-12-20-11-13-24(15-21(20)27-16-26-10)22(25)29-23(7,8)9/h17-21H,11,13,15-16H2,1-10H3/t20-,21-/m1/s1. The SMILES string of the molecule is COCO[C@@H]1CN(C(=O)OC(C)(C)C)CC[C@@H]1C#CO[Si](C(C)C)(C(C)C)C(C)C. The fourth-order valence-corrected chi connectivity index (χ4v) is 9.39. The van der Waals surface area contributed by atoms with E-state index in [-0.39, 0.29) is 24.9 Å². The van der Waals surface area contributed by atoms with Crippen LogP contribution in [-0.4, -0.2) is 58.0 Å². The maximum atomic E-state index is 12.5. The van der Waals surface area contributed by atoms with Crippen LogP contribution in [0.15, 0.2) is 0 Å². The normalized spacial score (nSPS) is 20.4. The average Bonchev–Trinajstić information content (AvgIpc) is 2.61. The predicted octanol–water partition coefficient (Wildman–Crippen LogP) is 5.39. The minimum Gasteiger partial charge on any atom is -0.500 e. The summed E-state index contributed by atoms with van der Waals surface area (Å²) in [5, 5.41) is 0. The van der Waals surface area contributed by atoms with Crippen molar-refractivity contribution in [2.24, 2.45) is 5.92 Å². The molecule has 0 saturated carbocycles. The Balaban J connectivity index is 2.94. The van der Waals surface area contributed by atoms with Gasteiger partial charge in [-0.25, -0.2) is 4.79 Å². The van der Waals surface area contributed by atoms with Gasteiger partial charge in [0.05, 0.1) is 24.7 Å². The molecule has 6 nitrogen and oxygen atoms in total. The van der Waals surface area contributed by atoms with Crippen molar-refractivity contribution in [2.45, 2.75) is 97.1 Å². The summed E-state index contributed by atoms with van der Waals surface area (Å²) in [4.78, 5) is 14.2. The van der Waals surface area contributed by atoms with Crippen LogP contribution in [0.1, 0.15) is 68.7 Å². The first-order valence-corrected chi connectivity index (χ1v) is 13.3. The molecule has 1 saturated heterocycles. The lowest BCUT2D eigenvalue weighted by atomic mass is 9.95. The van der Waals surface area contributed by atoms with Gasteiger partial charge >= 0.3 is 6.09 Å². The quantitative estimate of drug-likeness (QED) is 0.301. The van der Waals surface area contributed by atoms with Crippen molar-refractivity contribution in [3.8, 4) is 12.0 Å². The molecule has 0 bridgehead atoms. The fourth-order valence-electron chi connectivity index (χ4n) is 4.45. The maximum Gasteiger partial charge on any atom is 0.410 e. The molecule has 1 aliphatic rings. The van der Waals surface area contributed by atoms with Gasteiger partial charge in [-0.15, -0.1) is 0 Å². The first-order chi connectivity index (χ1) is 13.8. The third-order valence-corrected chi connectivity index (χ3v) is 11.7. The van der Waals surface area contributed by atoms with Gasteiger partial charge in [-0.1, -0.05) is 47.5 Å². The van der Waals surface area contributed by atoms with Crippen LogP contribution in [0.2, 0.25) is 16.6 Å². The number of ether oxygens (including phenoxy) is 3. The molecule has 1 aliphatic heterocycles. The van der Waals surface area contributed by atoms with Crippen molar-refractivity contribution in [3.05, 3.63) is 0 Å². The molecule has 0 spiro atoms. The number of carbonyl (C=O) groups is 1. The van der Waals surface area contributed by atoms with Crippen LogP contribution in [0.4, 0.5) is 4.79 Å². The number of likely N-dealkylation sites (tertiary alicyclic amines) is 1. The highest BCUT2D eigenvalue weighted by atomic mass is 28.4. The van der Waals surface area contributed by atoms with Crippen LogP contribution in [0.5, 0.6) is 0 Å². The van der Waals surface area contributed by atoms with Crippen LogP contribution in [0.25, 0.3) is 0 Å². The van der Waals surface area contributed by atoms with E-state index in [2.05, 4.69) is 53.6 Å². The first-order valence-electron chi connectivity index (χ1n) is 11.1. The van der Waals surface area contributed by atoms with Crippen molar-refractivity contribution < 1.29 is 23.4 Å². The largest absolute Gasteiger partial charge is 0.500 e. The number of hydrogen-bond donors (Lipinski definition) is 0. The number of amides is 1. The van der Waals surface area contributed by atoms with Gasteiger partial charge in [0, 0.05) is 13.7 Å². The van der Waals surface area contributed by atoms with E-state index in [0.717, 1.165) is 0 Å². The number of methoxy groups -OCH3 is 1. The van der Waals surface area contributed by atoms with E-state index in [1.807, 2.05) is 20.8 Å². The fraction of sp³-hybridized carbons (Fsp3) is 0.870. The van der Waals surface area contributed by atoms with E-state index in [1.54, 1.807) is 12.0 Å². The lowest BCUT2D eigenvalue weighted by molar-refractivity contribution is -0.104. The van der Waals surface area contributed by atoms with E-state index >= 15 is 0 Å². The lowest BCUT2D eigenvalue weighted by Crippen LogP contribution is -2.49. The zero-order chi connectivity index (χ0) is 23.1. The smallest absolute Gasteiger partial charge is 0.410 e. The molecule has 30 heavy (non-hydrogen) atoms. The molecule has 0 unspecified atom stereocenters. The molecule has 1 fully saturated rings. The van der Waals surface area contributed by atoms with Crippen molar-refractivity contribution in [3.63, 3.8) is 0 Å². The molecule has 0 N–H and O–H groups in total. The highest BCUT2D eigenvalue weighted by Gasteiger charge is 2.47. The monoisotopic (exact) mass is 441 g/mol. The second kappa shape index (κ2) is 11.4. The van der Waals surface area contributed by atoms with E-state index in [9.17, 15) is 4.79 Å². The zero-order valence-electron chi connectivity index (χ0n) is 20.7. The Bertz CT molecular complexity index is 581. The number of piperidine rings is 1. The summed E-state index contributed by atoms with van der Waals surface area (Å²) in [5.74, 6) is 3.29. The van der Waals surface area contributed by atoms with Gasteiger partial charge in [0.15, 0.2) is 0 Å². The summed E-state index contributed by atoms with van der Waals surface area (Å²) in [6.07, 6.45) is 3.24. The number of nitrogens with zero attached hydrogens (tertiary/aromatic N) is 1. The Labute approximate surface area is 185 Å². The Hall–Kier alpha value is -1.23. The van der Waals surface area contributed by atoms with Crippen molar-refractivity contribution in [2.75, 3.05) is 27.0 Å². The molecule has 0 aromatic carbocycles. The Morgan fingerprint density at radius 3 is 2.13 bits per heavy atom. The van der Waals surface area contributed by atoms with E-state index in [0.29, 0.717) is 36.1 Å². The minimum absolute atomic E-state index is 0.0166. The van der Waals surface area contributed by atoms with Crippen LogP contribution < -0.4 is 0 Å². The lowest BCUT2D eigenvalue weighted by Gasteiger charge is -2.39. The molecule has 0 radical (unpaired) electrons. The predicted molar refractivity (Wildman–Crippen MR) is 123 cm³/mol. The summed E-state index contributed by atoms with van der Waals surface area (Å²) < 4.78 is 22.9. The molecule has 1 heterocycles. The molecule has 0 aromatic heterocycles. The third-order valence-electron chi connectivity index (χ3n) is 5.79. The number of hydrogen-bond acceptors (Lipinski definition) is 5. The topological polar surface area (TPSA) is 57.2 Å². The Kier molecular flexibility index (Phi) is 10.2. The highest BCUT2D eigenvalue weighted by Crippen LogP contribution is 2.42. The summed E-state index contributed by atoms with van der Waals surface area (Å²) in [6.45, 7) is 20.3. The van der Waals surface area contributed by atoms with Gasteiger partial charge in [-0.2, -0.15) is 0 Å². The van der Waals surface area contributed by atoms with Crippen LogP contribution in [-0.2, 0) is 18.6 Å². The molecule has 0 aromatic rings. The van der Waals surface area contributed by atoms with Crippen LogP contribution in [0, 0.1) is 17.9 Å². The van der Waals surface area contributed by atoms with Gasteiger partial charge in [0.1, 0.15) is 12.4 Å². The van der Waals surface area contributed by atoms with Gasteiger partial charge in [-0.3, -0.25) is 0 Å². The van der Waals surface area contributed by atoms with Gasteiger partial charge < -0.3 is 23.5 Å². The average molecular weight is 442 g/mol. The first kappa shape index (κ1) is 26.8. The second-order valence-electron chi connectivity index (χ2n) is 10.1. The van der Waals surface area contributed by atoms with Crippen molar-refractivity contribution in [1.82, 2.24) is 4.90 Å². The van der Waals surface area contributed by atoms with Crippen LogP contribution in [0.3, 0.4) is 0 Å². The van der Waals surface area contributed by atoms with Gasteiger partial charge in [-0.05, 0) is 43.8 Å². The Morgan fingerprint density at radius 1 is 1.10 bits per heavy atom. The van der Waals surface area contributed by atoms with Crippen LogP contribution >= 0.6 is 0 Å². The third kappa shape index (κ3) is 7.18. The summed E-state index contributed by atoms with van der Waals surface area (Å²) in [7, 11) is -0.452. The molecule has 1 rings (SSSR count). The molecule has 0 aliphatic carbocycles. The second-order valence-corrected chi connectivity index (χ2v) is 15.5. The van der Waals surface area contributed by atoms with E-state index < -0.39 is 13.9 Å². The summed E-state index contributed by atoms with van der Waals surface area (Å²) >= 11 is 0. The highest BCUT2D eigenvalue weighted by molar-refractivity contribution is 6.77. The molecule has 1 amide bonds. The molecule has 174 valence electrons. The van der Waals surface area contributed by atoms with Gasteiger partial charge in [0.25, 0.3) is 8.32 Å². The Morgan fingerprint density at radius 2 is 1.67 bits per heavy atom. The number of rotatable bonds is 7. The number of carbonyl (C=O) groups excluding carboxylic acids is 1. The van der Waals surface area contributed by atoms with E-state index in [4.69, 9.17) is 18.6 Å². The molecular weight excluding hydrogens is 398 g/mol. The van der Waals surface area contributed by atoms with E-state index in [1.165, 1.54) is 0 Å². The van der Waals surface area contributed by atoms with Crippen molar-refractivity contribution in [1.29, 1.82) is 0 Å². The molecular formula is C23H43NO5Si. The molecule has 7 heteroatoms. The zero-order valence-corrected chi connectivity index (χ0v) is 21.7. The van der Waals surface area contributed by atoms with Crippen molar-refractivity contribution >= 4 is 14.4 Å². The minimum atomic E-state index is -2.04. The van der Waals surface area contributed by atoms with Gasteiger partial charge in [0.2, 0.25) is 0 Å². The maximum absolute atomic E-state index is 12.5. The summed E-state index contributed by atoms with van der Waals surface area (Å²) in [6, 6.07) is 0.